The van der Waals surface area contributed by atoms with Gasteiger partial charge in [-0.1, -0.05) is 11.6 Å². The van der Waals surface area contributed by atoms with E-state index in [1.54, 1.807) is 13.1 Å². The van der Waals surface area contributed by atoms with Crippen LogP contribution in [0, 0.1) is 19.7 Å². The van der Waals surface area contributed by atoms with Crippen molar-refractivity contribution in [2.45, 2.75) is 13.8 Å². The lowest BCUT2D eigenvalue weighted by atomic mass is 10.0. The van der Waals surface area contributed by atoms with Crippen LogP contribution < -0.4 is 5.73 Å². The highest BCUT2D eigenvalue weighted by Crippen LogP contribution is 2.34. The number of halogens is 2. The topological polar surface area (TPSA) is 43.8 Å². The Labute approximate surface area is 104 Å². The Balaban J connectivity index is 2.74. The molecule has 3 nitrogen and oxygen atoms in total. The van der Waals surface area contributed by atoms with Gasteiger partial charge in [-0.15, -0.1) is 0 Å². The number of nitrogens with two attached hydrogens (primary N) is 1. The third-order valence-electron chi connectivity index (χ3n) is 2.91. The second kappa shape index (κ2) is 4.04. The summed E-state index contributed by atoms with van der Waals surface area (Å²) in [5, 5.41) is 4.31. The molecule has 2 aromatic rings. The van der Waals surface area contributed by atoms with E-state index < -0.39 is 5.82 Å². The summed E-state index contributed by atoms with van der Waals surface area (Å²) in [6.45, 7) is 3.73. The van der Waals surface area contributed by atoms with Gasteiger partial charge in [-0.05, 0) is 31.0 Å². The molecule has 0 saturated carbocycles. The lowest BCUT2D eigenvalue weighted by Gasteiger charge is -2.09. The van der Waals surface area contributed by atoms with Crippen molar-refractivity contribution >= 4 is 17.4 Å². The first-order valence-electron chi connectivity index (χ1n) is 5.17. The molecule has 0 amide bonds. The fraction of sp³-hybridized carbons (Fsp3) is 0.250. The summed E-state index contributed by atoms with van der Waals surface area (Å²) >= 11 is 6.00. The molecule has 5 heteroatoms. The molecule has 0 spiro atoms. The van der Waals surface area contributed by atoms with Crippen LogP contribution in [0.15, 0.2) is 12.1 Å². The summed E-state index contributed by atoms with van der Waals surface area (Å²) in [7, 11) is 1.73. The molecule has 0 fully saturated rings. The first kappa shape index (κ1) is 11.9. The van der Waals surface area contributed by atoms with Crippen LogP contribution in [0.4, 0.5) is 10.2 Å². The SMILES string of the molecule is Cc1cc(F)c(Cl)c(-c2cc(N)n(C)n2)c1C. The fourth-order valence-electron chi connectivity index (χ4n) is 1.75. The van der Waals surface area contributed by atoms with Gasteiger partial charge in [0.05, 0.1) is 10.7 Å². The molecule has 90 valence electrons. The maximum atomic E-state index is 13.6. The van der Waals surface area contributed by atoms with Crippen molar-refractivity contribution in [1.29, 1.82) is 0 Å². The number of nitrogen functional groups attached to an aromatic ring is 1. The van der Waals surface area contributed by atoms with E-state index in [0.717, 1.165) is 11.1 Å². The number of anilines is 1. The molecular weight excluding hydrogens is 241 g/mol. The first-order chi connectivity index (χ1) is 7.91. The highest BCUT2D eigenvalue weighted by Gasteiger charge is 2.16. The Morgan fingerprint density at radius 1 is 1.35 bits per heavy atom. The number of aromatic nitrogens is 2. The van der Waals surface area contributed by atoms with E-state index in [9.17, 15) is 4.39 Å². The van der Waals surface area contributed by atoms with Crippen LogP contribution in [0.2, 0.25) is 5.02 Å². The molecule has 0 unspecified atom stereocenters. The van der Waals surface area contributed by atoms with Crippen LogP contribution in [0.3, 0.4) is 0 Å². The summed E-state index contributed by atoms with van der Waals surface area (Å²) in [5.74, 6) is 0.0753. The van der Waals surface area contributed by atoms with E-state index >= 15 is 0 Å². The fourth-order valence-corrected chi connectivity index (χ4v) is 2.04. The number of benzene rings is 1. The quantitative estimate of drug-likeness (QED) is 0.849. The normalized spacial score (nSPS) is 10.9. The van der Waals surface area contributed by atoms with Gasteiger partial charge in [0, 0.05) is 18.7 Å². The second-order valence-electron chi connectivity index (χ2n) is 4.07. The van der Waals surface area contributed by atoms with Crippen molar-refractivity contribution < 1.29 is 4.39 Å². The van der Waals surface area contributed by atoms with Gasteiger partial charge in [0.2, 0.25) is 0 Å². The molecule has 0 aliphatic carbocycles. The Hall–Kier alpha value is -1.55. The van der Waals surface area contributed by atoms with Crippen molar-refractivity contribution in [3.8, 4) is 11.3 Å². The number of hydrogen-bond acceptors (Lipinski definition) is 2. The summed E-state index contributed by atoms with van der Waals surface area (Å²) in [4.78, 5) is 0. The third-order valence-corrected chi connectivity index (χ3v) is 3.28. The summed E-state index contributed by atoms with van der Waals surface area (Å²) in [6, 6.07) is 3.11. The van der Waals surface area contributed by atoms with E-state index in [2.05, 4.69) is 5.10 Å². The van der Waals surface area contributed by atoms with E-state index in [0.29, 0.717) is 17.1 Å². The van der Waals surface area contributed by atoms with Crippen molar-refractivity contribution in [3.05, 3.63) is 34.1 Å². The van der Waals surface area contributed by atoms with Crippen LogP contribution in [0.5, 0.6) is 0 Å². The van der Waals surface area contributed by atoms with Crippen molar-refractivity contribution in [2.24, 2.45) is 7.05 Å². The lowest BCUT2D eigenvalue weighted by molar-refractivity contribution is 0.627. The second-order valence-corrected chi connectivity index (χ2v) is 4.45. The van der Waals surface area contributed by atoms with Crippen molar-refractivity contribution in [2.75, 3.05) is 5.73 Å². The Morgan fingerprint density at radius 3 is 2.53 bits per heavy atom. The molecule has 1 heterocycles. The number of hydrogen-bond donors (Lipinski definition) is 1. The lowest BCUT2D eigenvalue weighted by Crippen LogP contribution is -1.97. The van der Waals surface area contributed by atoms with E-state index in [-0.39, 0.29) is 5.02 Å². The Kier molecular flexibility index (Phi) is 2.83. The molecule has 0 radical (unpaired) electrons. The highest BCUT2D eigenvalue weighted by atomic mass is 35.5. The van der Waals surface area contributed by atoms with E-state index in [1.165, 1.54) is 10.7 Å². The predicted octanol–water partition coefficient (Wildman–Crippen LogP) is 3.08. The molecule has 0 atom stereocenters. The standard InChI is InChI=1S/C12H13ClFN3/c1-6-4-8(14)12(13)11(7(6)2)9-5-10(15)17(3)16-9/h4-5H,15H2,1-3H3. The molecule has 0 aliphatic rings. The Morgan fingerprint density at radius 2 is 2.00 bits per heavy atom. The Bertz CT molecular complexity index is 544. The third kappa shape index (κ3) is 1.89. The smallest absolute Gasteiger partial charge is 0.142 e. The van der Waals surface area contributed by atoms with Crippen molar-refractivity contribution in [1.82, 2.24) is 9.78 Å². The molecule has 2 rings (SSSR count). The van der Waals surface area contributed by atoms with Gasteiger partial charge in [0.25, 0.3) is 0 Å². The first-order valence-corrected chi connectivity index (χ1v) is 5.54. The van der Waals surface area contributed by atoms with Gasteiger partial charge < -0.3 is 5.73 Å². The average molecular weight is 254 g/mol. The molecule has 1 aromatic carbocycles. The summed E-state index contributed by atoms with van der Waals surface area (Å²) < 4.78 is 15.1. The predicted molar refractivity (Wildman–Crippen MR) is 67.5 cm³/mol. The number of rotatable bonds is 1. The van der Waals surface area contributed by atoms with Gasteiger partial charge >= 0.3 is 0 Å². The zero-order valence-electron chi connectivity index (χ0n) is 9.88. The highest BCUT2D eigenvalue weighted by molar-refractivity contribution is 6.33. The van der Waals surface area contributed by atoms with Crippen molar-refractivity contribution in [3.63, 3.8) is 0 Å². The number of nitrogens with zero attached hydrogens (tertiary/aromatic N) is 2. The van der Waals surface area contributed by atoms with E-state index in [4.69, 9.17) is 17.3 Å². The molecule has 0 saturated heterocycles. The van der Waals surface area contributed by atoms with Gasteiger partial charge in [0.1, 0.15) is 11.6 Å². The molecule has 0 bridgehead atoms. The molecule has 0 aliphatic heterocycles. The van der Waals surface area contributed by atoms with Crippen LogP contribution >= 0.6 is 11.6 Å². The minimum atomic E-state index is -0.436. The number of aryl methyl sites for hydroxylation is 2. The minimum absolute atomic E-state index is 0.0891. The van der Waals surface area contributed by atoms with Crippen LogP contribution in [-0.2, 0) is 7.05 Å². The maximum absolute atomic E-state index is 13.6. The largest absolute Gasteiger partial charge is 0.384 e. The van der Waals surface area contributed by atoms with Gasteiger partial charge in [-0.2, -0.15) is 5.10 Å². The monoisotopic (exact) mass is 253 g/mol. The molecule has 17 heavy (non-hydrogen) atoms. The van der Waals surface area contributed by atoms with Gasteiger partial charge in [0.15, 0.2) is 0 Å². The zero-order chi connectivity index (χ0) is 12.7. The minimum Gasteiger partial charge on any atom is -0.384 e. The molecular formula is C12H13ClFN3. The molecule has 1 aromatic heterocycles. The summed E-state index contributed by atoms with van der Waals surface area (Å²) in [5.41, 5.74) is 8.67. The van der Waals surface area contributed by atoms with Crippen LogP contribution in [-0.4, -0.2) is 9.78 Å². The molecule has 2 N–H and O–H groups in total. The maximum Gasteiger partial charge on any atom is 0.142 e. The van der Waals surface area contributed by atoms with Crippen LogP contribution in [0.1, 0.15) is 11.1 Å². The zero-order valence-corrected chi connectivity index (χ0v) is 10.6. The van der Waals surface area contributed by atoms with E-state index in [1.807, 2.05) is 13.8 Å². The van der Waals surface area contributed by atoms with Crippen LogP contribution in [0.25, 0.3) is 11.3 Å². The summed E-state index contributed by atoms with van der Waals surface area (Å²) in [6.07, 6.45) is 0. The van der Waals surface area contributed by atoms with Gasteiger partial charge in [-0.25, -0.2) is 4.39 Å². The average Bonchev–Trinajstić information content (AvgIpc) is 2.57. The van der Waals surface area contributed by atoms with Gasteiger partial charge in [-0.3, -0.25) is 4.68 Å².